The van der Waals surface area contributed by atoms with Gasteiger partial charge in [0.2, 0.25) is 0 Å². The number of fused-ring (bicyclic) bond motifs is 1. The number of hydrogen-bond donors (Lipinski definition) is 0. The maximum atomic E-state index is 12.5. The van der Waals surface area contributed by atoms with Gasteiger partial charge in [0.25, 0.3) is 0 Å². The van der Waals surface area contributed by atoms with Gasteiger partial charge in [0, 0.05) is 17.2 Å². The third-order valence-corrected chi connectivity index (χ3v) is 4.94. The SMILES string of the molecule is COc1ccc(C2=Cc3cc(OC)c(OC)cc3S(=O)(=O)O2)cc1. The Bertz CT molecular complexity index is 897. The summed E-state index contributed by atoms with van der Waals surface area (Å²) >= 11 is 0. The molecule has 0 spiro atoms. The molecule has 24 heavy (non-hydrogen) atoms. The summed E-state index contributed by atoms with van der Waals surface area (Å²) in [6, 6.07) is 9.92. The Morgan fingerprint density at radius 2 is 1.50 bits per heavy atom. The van der Waals surface area contributed by atoms with Gasteiger partial charge in [-0.3, -0.25) is 0 Å². The zero-order valence-electron chi connectivity index (χ0n) is 13.4. The number of benzene rings is 2. The van der Waals surface area contributed by atoms with Crippen molar-refractivity contribution in [2.24, 2.45) is 0 Å². The maximum absolute atomic E-state index is 12.5. The van der Waals surface area contributed by atoms with Crippen molar-refractivity contribution in [3.05, 3.63) is 47.5 Å². The lowest BCUT2D eigenvalue weighted by molar-refractivity contribution is 0.353. The molecule has 7 heteroatoms. The van der Waals surface area contributed by atoms with E-state index in [0.717, 1.165) is 0 Å². The minimum Gasteiger partial charge on any atom is -0.497 e. The minimum absolute atomic E-state index is 0.0393. The first kappa shape index (κ1) is 16.2. The zero-order valence-corrected chi connectivity index (χ0v) is 14.2. The van der Waals surface area contributed by atoms with Crippen LogP contribution in [0.1, 0.15) is 11.1 Å². The Hall–Kier alpha value is -2.67. The van der Waals surface area contributed by atoms with Crippen LogP contribution in [0.5, 0.6) is 17.2 Å². The Morgan fingerprint density at radius 1 is 0.875 bits per heavy atom. The Morgan fingerprint density at radius 3 is 2.08 bits per heavy atom. The van der Waals surface area contributed by atoms with Gasteiger partial charge >= 0.3 is 10.1 Å². The van der Waals surface area contributed by atoms with E-state index in [9.17, 15) is 8.42 Å². The first-order valence-electron chi connectivity index (χ1n) is 7.05. The highest BCUT2D eigenvalue weighted by Crippen LogP contribution is 2.39. The van der Waals surface area contributed by atoms with Crippen LogP contribution in [0, 0.1) is 0 Å². The summed E-state index contributed by atoms with van der Waals surface area (Å²) in [7, 11) is 0.549. The van der Waals surface area contributed by atoms with E-state index in [0.29, 0.717) is 28.4 Å². The molecule has 1 aliphatic heterocycles. The molecule has 0 saturated carbocycles. The molecule has 0 N–H and O–H groups in total. The predicted molar refractivity (Wildman–Crippen MR) is 88.7 cm³/mol. The summed E-state index contributed by atoms with van der Waals surface area (Å²) in [5.74, 6) is 1.67. The highest BCUT2D eigenvalue weighted by Gasteiger charge is 2.29. The molecular weight excluding hydrogens is 332 g/mol. The van der Waals surface area contributed by atoms with Gasteiger partial charge < -0.3 is 18.4 Å². The zero-order chi connectivity index (χ0) is 17.3. The van der Waals surface area contributed by atoms with Crippen LogP contribution in [0.25, 0.3) is 11.8 Å². The summed E-state index contributed by atoms with van der Waals surface area (Å²) in [5, 5.41) is 0. The summed E-state index contributed by atoms with van der Waals surface area (Å²) < 4.78 is 45.6. The van der Waals surface area contributed by atoms with Gasteiger partial charge in [0.05, 0.1) is 21.3 Å². The quantitative estimate of drug-likeness (QED) is 0.791. The highest BCUT2D eigenvalue weighted by atomic mass is 32.2. The highest BCUT2D eigenvalue weighted by molar-refractivity contribution is 7.87. The van der Waals surface area contributed by atoms with Crippen molar-refractivity contribution < 1.29 is 26.8 Å². The molecule has 1 aliphatic rings. The van der Waals surface area contributed by atoms with Gasteiger partial charge in [0.15, 0.2) is 17.3 Å². The minimum atomic E-state index is -3.95. The van der Waals surface area contributed by atoms with Crippen molar-refractivity contribution >= 4 is 22.0 Å². The van der Waals surface area contributed by atoms with Crippen LogP contribution in [0.2, 0.25) is 0 Å². The second kappa shape index (κ2) is 6.09. The molecule has 0 saturated heterocycles. The third-order valence-electron chi connectivity index (χ3n) is 3.65. The summed E-state index contributed by atoms with van der Waals surface area (Å²) in [6.07, 6.45) is 1.65. The largest absolute Gasteiger partial charge is 0.497 e. The first-order chi connectivity index (χ1) is 11.5. The van der Waals surface area contributed by atoms with E-state index in [1.807, 2.05) is 0 Å². The Labute approximate surface area is 140 Å². The molecule has 0 atom stereocenters. The van der Waals surface area contributed by atoms with Crippen LogP contribution >= 0.6 is 0 Å². The van der Waals surface area contributed by atoms with Crippen LogP contribution < -0.4 is 14.2 Å². The van der Waals surface area contributed by atoms with Gasteiger partial charge in [-0.15, -0.1) is 0 Å². The molecule has 3 rings (SSSR count). The predicted octanol–water partition coefficient (Wildman–Crippen LogP) is 2.93. The van der Waals surface area contributed by atoms with Crippen molar-refractivity contribution in [2.75, 3.05) is 21.3 Å². The second-order valence-electron chi connectivity index (χ2n) is 5.02. The molecule has 6 nitrogen and oxygen atoms in total. The van der Waals surface area contributed by atoms with Gasteiger partial charge in [-0.25, -0.2) is 0 Å². The molecule has 2 aromatic rings. The van der Waals surface area contributed by atoms with E-state index in [2.05, 4.69) is 0 Å². The Kier molecular flexibility index (Phi) is 4.11. The Balaban J connectivity index is 2.14. The van der Waals surface area contributed by atoms with Crippen LogP contribution in [-0.4, -0.2) is 29.7 Å². The number of ether oxygens (including phenoxy) is 3. The first-order valence-corrected chi connectivity index (χ1v) is 8.46. The molecule has 0 amide bonds. The number of hydrogen-bond acceptors (Lipinski definition) is 6. The number of methoxy groups -OCH3 is 3. The average molecular weight is 348 g/mol. The third kappa shape index (κ3) is 2.78. The normalized spacial score (nSPS) is 14.9. The van der Waals surface area contributed by atoms with E-state index in [-0.39, 0.29) is 10.7 Å². The van der Waals surface area contributed by atoms with E-state index in [1.165, 1.54) is 20.3 Å². The number of rotatable bonds is 4. The summed E-state index contributed by atoms with van der Waals surface area (Å²) in [4.78, 5) is 0.0393. The molecule has 0 aliphatic carbocycles. The lowest BCUT2D eigenvalue weighted by Crippen LogP contribution is -2.12. The lowest BCUT2D eigenvalue weighted by Gasteiger charge is -2.20. The molecule has 0 bridgehead atoms. The standard InChI is InChI=1S/C17H16O6S/c1-20-13-6-4-11(5-7-13)14-8-12-9-15(21-2)16(22-3)10-17(12)24(18,19)23-14/h4-10H,1-3H3. The molecule has 0 radical (unpaired) electrons. The fraction of sp³-hybridized carbons (Fsp3) is 0.176. The van der Waals surface area contributed by atoms with Gasteiger partial charge in [-0.2, -0.15) is 8.42 Å². The van der Waals surface area contributed by atoms with Gasteiger partial charge in [-0.05, 0) is 36.4 Å². The molecule has 1 heterocycles. The van der Waals surface area contributed by atoms with E-state index >= 15 is 0 Å². The fourth-order valence-electron chi connectivity index (χ4n) is 2.42. The van der Waals surface area contributed by atoms with Crippen LogP contribution in [0.3, 0.4) is 0 Å². The average Bonchev–Trinajstić information content (AvgIpc) is 2.60. The summed E-state index contributed by atoms with van der Waals surface area (Å²) in [5.41, 5.74) is 1.10. The van der Waals surface area contributed by atoms with E-state index in [1.54, 1.807) is 43.5 Å². The maximum Gasteiger partial charge on any atom is 0.339 e. The van der Waals surface area contributed by atoms with Crippen LogP contribution in [0.4, 0.5) is 0 Å². The van der Waals surface area contributed by atoms with E-state index < -0.39 is 10.1 Å². The van der Waals surface area contributed by atoms with Crippen LogP contribution in [-0.2, 0) is 14.3 Å². The smallest absolute Gasteiger partial charge is 0.339 e. The fourth-order valence-corrected chi connectivity index (χ4v) is 3.55. The van der Waals surface area contributed by atoms with Crippen molar-refractivity contribution in [3.8, 4) is 17.2 Å². The molecule has 126 valence electrons. The monoisotopic (exact) mass is 348 g/mol. The lowest BCUT2D eigenvalue weighted by atomic mass is 10.1. The molecular formula is C17H16O6S. The van der Waals surface area contributed by atoms with Crippen molar-refractivity contribution in [1.29, 1.82) is 0 Å². The summed E-state index contributed by atoms with van der Waals surface area (Å²) in [6.45, 7) is 0. The molecule has 0 aromatic heterocycles. The molecule has 0 fully saturated rings. The molecule has 2 aromatic carbocycles. The van der Waals surface area contributed by atoms with Crippen molar-refractivity contribution in [1.82, 2.24) is 0 Å². The van der Waals surface area contributed by atoms with Gasteiger partial charge in [0.1, 0.15) is 10.6 Å². The van der Waals surface area contributed by atoms with Crippen LogP contribution in [0.15, 0.2) is 41.3 Å². The molecule has 0 unspecified atom stereocenters. The van der Waals surface area contributed by atoms with Gasteiger partial charge in [-0.1, -0.05) is 0 Å². The second-order valence-corrected chi connectivity index (χ2v) is 6.53. The van der Waals surface area contributed by atoms with Crippen molar-refractivity contribution in [3.63, 3.8) is 0 Å². The van der Waals surface area contributed by atoms with E-state index in [4.69, 9.17) is 18.4 Å². The van der Waals surface area contributed by atoms with Crippen molar-refractivity contribution in [2.45, 2.75) is 4.90 Å². The topological polar surface area (TPSA) is 71.1 Å².